The summed E-state index contributed by atoms with van der Waals surface area (Å²) in [6, 6.07) is 8.72. The highest BCUT2D eigenvalue weighted by Gasteiger charge is 2.06. The van der Waals surface area contributed by atoms with Gasteiger partial charge >= 0.3 is 4.87 Å². The Labute approximate surface area is 149 Å². The predicted octanol–water partition coefficient (Wildman–Crippen LogP) is 1.89. The minimum atomic E-state index is -0.0582. The molecule has 2 heterocycles. The predicted molar refractivity (Wildman–Crippen MR) is 107 cm³/mol. The smallest absolute Gasteiger partial charge is 0.305 e. The van der Waals surface area contributed by atoms with Crippen molar-refractivity contribution in [1.29, 1.82) is 0 Å². The molecule has 0 spiro atoms. The summed E-state index contributed by atoms with van der Waals surface area (Å²) in [6.45, 7) is 5.90. The zero-order valence-electron chi connectivity index (χ0n) is 14.1. The van der Waals surface area contributed by atoms with Crippen LogP contribution in [-0.4, -0.2) is 44.1 Å². The van der Waals surface area contributed by atoms with Crippen LogP contribution in [0.15, 0.2) is 29.1 Å². The molecule has 0 atom stereocenters. The molecule has 0 radical (unpaired) electrons. The highest BCUT2D eigenvalue weighted by atomic mass is 32.1. The van der Waals surface area contributed by atoms with E-state index in [0.717, 1.165) is 22.5 Å². The molecule has 2 aromatic heterocycles. The first-order valence-corrected chi connectivity index (χ1v) is 9.35. The molecular formula is C18H21N3OS2. The summed E-state index contributed by atoms with van der Waals surface area (Å²) in [5.41, 5.74) is 1.22. The minimum absolute atomic E-state index is 0.0582. The van der Waals surface area contributed by atoms with Crippen LogP contribution >= 0.6 is 22.7 Å². The number of benzene rings is 1. The van der Waals surface area contributed by atoms with E-state index in [2.05, 4.69) is 66.8 Å². The van der Waals surface area contributed by atoms with E-state index in [1.807, 2.05) is 6.08 Å². The Balaban J connectivity index is 1.92. The number of anilines is 1. The summed E-state index contributed by atoms with van der Waals surface area (Å²) in [6.07, 6.45) is 2.03. The van der Waals surface area contributed by atoms with E-state index in [0.29, 0.717) is 5.35 Å². The third kappa shape index (κ3) is 3.77. The fourth-order valence-corrected chi connectivity index (χ4v) is 4.30. The summed E-state index contributed by atoms with van der Waals surface area (Å²) in [4.78, 5) is 19.7. The molecule has 0 aliphatic rings. The molecule has 0 aliphatic heterocycles. The maximum absolute atomic E-state index is 11.4. The first kappa shape index (κ1) is 17.0. The lowest BCUT2D eigenvalue weighted by Crippen LogP contribution is -2.28. The summed E-state index contributed by atoms with van der Waals surface area (Å²) >= 11 is 2.94. The Kier molecular flexibility index (Phi) is 4.89. The lowest BCUT2D eigenvalue weighted by Gasteiger charge is -2.21. The van der Waals surface area contributed by atoms with Gasteiger partial charge in [0, 0.05) is 35.4 Å². The molecule has 0 fully saturated rings. The summed E-state index contributed by atoms with van der Waals surface area (Å²) in [7, 11) is 6.30. The summed E-state index contributed by atoms with van der Waals surface area (Å²) in [5.74, 6) is 0. The average molecular weight is 360 g/mol. The quantitative estimate of drug-likeness (QED) is 0.756. The molecular weight excluding hydrogens is 338 g/mol. The number of nitrogens with one attached hydrogen (secondary N) is 1. The molecule has 1 aromatic carbocycles. The Morgan fingerprint density at radius 3 is 2.62 bits per heavy atom. The fraction of sp³-hybridized carbons (Fsp3) is 0.278. The van der Waals surface area contributed by atoms with Crippen LogP contribution in [0.25, 0.3) is 22.7 Å². The Morgan fingerprint density at radius 1 is 1.17 bits per heavy atom. The molecule has 0 amide bonds. The molecule has 0 aliphatic carbocycles. The number of nitrogens with zero attached hydrogens (tertiary/aromatic N) is 2. The van der Waals surface area contributed by atoms with E-state index in [9.17, 15) is 4.79 Å². The second kappa shape index (κ2) is 6.93. The monoisotopic (exact) mass is 359 g/mol. The number of thiazole rings is 1. The maximum Gasteiger partial charge on any atom is 0.305 e. The molecule has 4 nitrogen and oxygen atoms in total. The van der Waals surface area contributed by atoms with Crippen molar-refractivity contribution in [3.63, 3.8) is 0 Å². The second-order valence-electron chi connectivity index (χ2n) is 6.10. The number of aromatic nitrogens is 1. The van der Waals surface area contributed by atoms with E-state index in [-0.39, 0.29) is 4.87 Å². The van der Waals surface area contributed by atoms with Crippen LogP contribution in [0.2, 0.25) is 0 Å². The van der Waals surface area contributed by atoms with Gasteiger partial charge in [0.15, 0.2) is 0 Å². The van der Waals surface area contributed by atoms with Crippen LogP contribution in [0, 0.1) is 0 Å². The Bertz CT molecular complexity index is 1010. The van der Waals surface area contributed by atoms with Crippen molar-refractivity contribution < 1.29 is 0 Å². The molecule has 126 valence electrons. The van der Waals surface area contributed by atoms with Gasteiger partial charge in [-0.15, -0.1) is 11.3 Å². The van der Waals surface area contributed by atoms with Gasteiger partial charge in [-0.25, -0.2) is 0 Å². The SMILES string of the molecule is C=c1[nH]c(=O)s/c1=C\c1cc2ccc(N(C)CCN(C)C)cc2s1. The highest BCUT2D eigenvalue weighted by molar-refractivity contribution is 7.20. The van der Waals surface area contributed by atoms with Crippen LogP contribution in [-0.2, 0) is 0 Å². The van der Waals surface area contributed by atoms with Gasteiger partial charge in [0.25, 0.3) is 0 Å². The van der Waals surface area contributed by atoms with E-state index < -0.39 is 0 Å². The van der Waals surface area contributed by atoms with Gasteiger partial charge in [-0.05, 0) is 43.8 Å². The number of aromatic amines is 1. The standard InChI is InChI=1S/C18H21N3OS2/c1-12-16(24-18(22)19-12)11-15-9-13-5-6-14(10-17(13)23-15)21(4)8-7-20(2)3/h5-6,9-11H,1,7-8H2,2-4H3,(H,19,22)/b16-11-. The van der Waals surface area contributed by atoms with E-state index >= 15 is 0 Å². The number of H-pyrrole nitrogens is 1. The summed E-state index contributed by atoms with van der Waals surface area (Å²) < 4.78 is 2.15. The van der Waals surface area contributed by atoms with Gasteiger partial charge in [0.2, 0.25) is 0 Å². The fourth-order valence-electron chi connectivity index (χ4n) is 2.45. The molecule has 0 unspecified atom stereocenters. The van der Waals surface area contributed by atoms with Crippen molar-refractivity contribution >= 4 is 51.1 Å². The third-order valence-electron chi connectivity index (χ3n) is 3.87. The zero-order valence-corrected chi connectivity index (χ0v) is 15.8. The summed E-state index contributed by atoms with van der Waals surface area (Å²) in [5, 5.41) is 1.91. The number of hydrogen-bond donors (Lipinski definition) is 1. The van der Waals surface area contributed by atoms with E-state index in [1.165, 1.54) is 27.1 Å². The van der Waals surface area contributed by atoms with Gasteiger partial charge in [-0.1, -0.05) is 24.0 Å². The van der Waals surface area contributed by atoms with Crippen LogP contribution in [0.3, 0.4) is 0 Å². The Hall–Kier alpha value is -1.89. The number of fused-ring (bicyclic) bond motifs is 1. The van der Waals surface area contributed by atoms with Crippen molar-refractivity contribution in [2.75, 3.05) is 39.1 Å². The largest absolute Gasteiger partial charge is 0.373 e. The highest BCUT2D eigenvalue weighted by Crippen LogP contribution is 2.29. The number of hydrogen-bond acceptors (Lipinski definition) is 5. The van der Waals surface area contributed by atoms with Gasteiger partial charge in [-0.2, -0.15) is 0 Å². The van der Waals surface area contributed by atoms with Gasteiger partial charge in [0.05, 0.1) is 9.88 Å². The normalized spacial score (nSPS) is 12.4. The van der Waals surface area contributed by atoms with Crippen LogP contribution in [0.1, 0.15) is 4.88 Å². The van der Waals surface area contributed by atoms with Crippen molar-refractivity contribution in [3.8, 4) is 0 Å². The molecule has 0 saturated carbocycles. The van der Waals surface area contributed by atoms with Gasteiger partial charge < -0.3 is 14.8 Å². The molecule has 3 aromatic rings. The van der Waals surface area contributed by atoms with Crippen LogP contribution in [0.4, 0.5) is 5.69 Å². The van der Waals surface area contributed by atoms with E-state index in [4.69, 9.17) is 0 Å². The van der Waals surface area contributed by atoms with Gasteiger partial charge in [0.1, 0.15) is 0 Å². The average Bonchev–Trinajstić information content (AvgIpc) is 3.06. The molecule has 6 heteroatoms. The minimum Gasteiger partial charge on any atom is -0.373 e. The Morgan fingerprint density at radius 2 is 1.96 bits per heavy atom. The van der Waals surface area contributed by atoms with Gasteiger partial charge in [-0.3, -0.25) is 4.79 Å². The molecule has 1 N–H and O–H groups in total. The van der Waals surface area contributed by atoms with Crippen molar-refractivity contribution in [2.24, 2.45) is 0 Å². The van der Waals surface area contributed by atoms with E-state index in [1.54, 1.807) is 11.3 Å². The zero-order chi connectivity index (χ0) is 17.3. The number of rotatable bonds is 5. The lowest BCUT2D eigenvalue weighted by atomic mass is 10.2. The molecule has 0 bridgehead atoms. The lowest BCUT2D eigenvalue weighted by molar-refractivity contribution is 0.416. The first-order chi connectivity index (χ1) is 11.4. The topological polar surface area (TPSA) is 39.3 Å². The number of thiophene rings is 1. The molecule has 24 heavy (non-hydrogen) atoms. The van der Waals surface area contributed by atoms with Crippen LogP contribution in [0.5, 0.6) is 0 Å². The number of likely N-dealkylation sites (N-methyl/N-ethyl adjacent to an activating group) is 2. The molecule has 0 saturated heterocycles. The molecule has 3 rings (SSSR count). The van der Waals surface area contributed by atoms with Crippen molar-refractivity contribution in [1.82, 2.24) is 9.88 Å². The van der Waals surface area contributed by atoms with Crippen molar-refractivity contribution in [3.05, 3.63) is 48.7 Å². The van der Waals surface area contributed by atoms with Crippen molar-refractivity contribution in [2.45, 2.75) is 0 Å². The maximum atomic E-state index is 11.4. The van der Waals surface area contributed by atoms with Crippen LogP contribution < -0.4 is 19.7 Å². The third-order valence-corrected chi connectivity index (χ3v) is 5.79. The first-order valence-electron chi connectivity index (χ1n) is 7.71. The second-order valence-corrected chi connectivity index (χ2v) is 8.23.